The monoisotopic (exact) mass is 131 g/mol. The second-order valence-corrected chi connectivity index (χ2v) is 0. The van der Waals surface area contributed by atoms with E-state index in [0.29, 0.717) is 0 Å². The summed E-state index contributed by atoms with van der Waals surface area (Å²) in [4.78, 5) is 0. The largest absolute Gasteiger partial charge is 0 e. The van der Waals surface area contributed by atoms with Crippen LogP contribution in [-0.2, 0) is 33.3 Å². The zero-order valence-corrected chi connectivity index (χ0v) is 4.68. The third kappa shape index (κ3) is 8.89. The Bertz CT molecular complexity index is 6.00. The molecule has 0 amide bonds. The molecular formula is CoLi2Ni. The molecule has 0 saturated heterocycles. The van der Waals surface area contributed by atoms with Gasteiger partial charge in [0.15, 0.2) is 0 Å². The summed E-state index contributed by atoms with van der Waals surface area (Å²) >= 11 is 0. The van der Waals surface area contributed by atoms with Crippen LogP contribution in [0.3, 0.4) is 0 Å². The van der Waals surface area contributed by atoms with Crippen LogP contribution in [0.1, 0.15) is 0 Å². The van der Waals surface area contributed by atoms with E-state index in [2.05, 4.69) is 0 Å². The van der Waals surface area contributed by atoms with Gasteiger partial charge in [0, 0.05) is 71.0 Å². The molecule has 0 aliphatic rings. The van der Waals surface area contributed by atoms with Gasteiger partial charge in [-0.25, -0.2) is 0 Å². The van der Waals surface area contributed by atoms with Gasteiger partial charge in [-0.2, -0.15) is 0 Å². The molecule has 0 fully saturated rings. The minimum absolute atomic E-state index is 0. The Morgan fingerprint density at radius 1 is 0.750 bits per heavy atom. The normalized spacial score (nSPS) is 0. The fourth-order valence-electron chi connectivity index (χ4n) is 0. The van der Waals surface area contributed by atoms with Crippen molar-refractivity contribution in [2.75, 3.05) is 0 Å². The fourth-order valence-corrected chi connectivity index (χ4v) is 0. The van der Waals surface area contributed by atoms with Crippen molar-refractivity contribution in [2.45, 2.75) is 0 Å². The molecule has 0 unspecified atom stereocenters. The molecule has 0 rings (SSSR count). The SMILES string of the molecule is [Co].[Li].[Li].[Ni]. The third-order valence-corrected chi connectivity index (χ3v) is 0. The van der Waals surface area contributed by atoms with Crippen LogP contribution < -0.4 is 0 Å². The molecule has 21 valence electrons. The van der Waals surface area contributed by atoms with Gasteiger partial charge < -0.3 is 0 Å². The first-order valence-electron chi connectivity index (χ1n) is 0. The molecule has 0 aromatic carbocycles. The molecule has 0 aliphatic carbocycles. The second kappa shape index (κ2) is 19.0. The summed E-state index contributed by atoms with van der Waals surface area (Å²) in [6.45, 7) is 0. The van der Waals surface area contributed by atoms with Crippen molar-refractivity contribution in [1.82, 2.24) is 0 Å². The molecule has 0 N–H and O–H groups in total. The topological polar surface area (TPSA) is 0 Å². The van der Waals surface area contributed by atoms with Crippen molar-refractivity contribution in [1.29, 1.82) is 0 Å². The van der Waals surface area contributed by atoms with Crippen molar-refractivity contribution in [3.05, 3.63) is 0 Å². The van der Waals surface area contributed by atoms with Crippen LogP contribution in [0.4, 0.5) is 0 Å². The molecule has 0 aliphatic heterocycles. The van der Waals surface area contributed by atoms with Crippen LogP contribution in [-0.4, -0.2) is 37.7 Å². The van der Waals surface area contributed by atoms with Gasteiger partial charge in [0.25, 0.3) is 0 Å². The Kier molecular flexibility index (Phi) is 165. The van der Waals surface area contributed by atoms with Gasteiger partial charge in [0.2, 0.25) is 0 Å². The summed E-state index contributed by atoms with van der Waals surface area (Å²) in [7, 11) is 0. The molecule has 0 heterocycles. The maximum absolute atomic E-state index is 0. The molecule has 0 bridgehead atoms. The van der Waals surface area contributed by atoms with Crippen molar-refractivity contribution < 1.29 is 33.3 Å². The summed E-state index contributed by atoms with van der Waals surface area (Å²) in [5.74, 6) is 0. The first-order chi connectivity index (χ1) is 0. The summed E-state index contributed by atoms with van der Waals surface area (Å²) in [5.41, 5.74) is 0. The Morgan fingerprint density at radius 3 is 0.750 bits per heavy atom. The zero-order valence-electron chi connectivity index (χ0n) is 2.65. The average molecular weight is 132 g/mol. The predicted molar refractivity (Wildman–Crippen MR) is 11.5 cm³/mol. The molecule has 0 atom stereocenters. The van der Waals surface area contributed by atoms with E-state index in [1.54, 1.807) is 0 Å². The van der Waals surface area contributed by atoms with Crippen molar-refractivity contribution >= 4 is 37.7 Å². The smallest absolute Gasteiger partial charge is 0 e. The molecule has 0 saturated carbocycles. The fraction of sp³-hybridized carbons (Fsp3) is 0. The number of hydrogen-bond acceptors (Lipinski definition) is 0. The van der Waals surface area contributed by atoms with Crippen molar-refractivity contribution in [3.63, 3.8) is 0 Å². The van der Waals surface area contributed by atoms with E-state index in [0.717, 1.165) is 0 Å². The molecule has 3 radical (unpaired) electrons. The van der Waals surface area contributed by atoms with E-state index >= 15 is 0 Å². The predicted octanol–water partition coefficient (Wildman–Crippen LogP) is -0.767. The maximum atomic E-state index is 0. The van der Waals surface area contributed by atoms with Crippen molar-refractivity contribution in [3.8, 4) is 0 Å². The van der Waals surface area contributed by atoms with Crippen molar-refractivity contribution in [2.24, 2.45) is 0 Å². The second-order valence-electron chi connectivity index (χ2n) is 0. The molecular weight excluding hydrogens is 132 g/mol. The Balaban J connectivity index is 0. The first-order valence-corrected chi connectivity index (χ1v) is 0. The van der Waals surface area contributed by atoms with Crippen LogP contribution in [0.25, 0.3) is 0 Å². The first kappa shape index (κ1) is 34.7. The van der Waals surface area contributed by atoms with Gasteiger partial charge in [-0.05, 0) is 0 Å². The molecule has 0 spiro atoms. The minimum Gasteiger partial charge on any atom is 0 e. The van der Waals surface area contributed by atoms with Crippen LogP contribution in [0, 0.1) is 0 Å². The van der Waals surface area contributed by atoms with Gasteiger partial charge in [0.05, 0.1) is 0 Å². The van der Waals surface area contributed by atoms with E-state index in [1.807, 2.05) is 0 Å². The van der Waals surface area contributed by atoms with Crippen LogP contribution >= 0.6 is 0 Å². The van der Waals surface area contributed by atoms with Gasteiger partial charge in [0.1, 0.15) is 0 Å². The van der Waals surface area contributed by atoms with Gasteiger partial charge in [-0.15, -0.1) is 0 Å². The van der Waals surface area contributed by atoms with Crippen LogP contribution in [0.5, 0.6) is 0 Å². The molecule has 0 aromatic heterocycles. The van der Waals surface area contributed by atoms with E-state index in [1.165, 1.54) is 0 Å². The van der Waals surface area contributed by atoms with Gasteiger partial charge >= 0.3 is 0 Å². The summed E-state index contributed by atoms with van der Waals surface area (Å²) < 4.78 is 0. The number of rotatable bonds is 0. The Labute approximate surface area is 70.3 Å². The van der Waals surface area contributed by atoms with E-state index in [-0.39, 0.29) is 71.0 Å². The zero-order chi connectivity index (χ0) is 0. The Hall–Kier alpha value is 2.19. The van der Waals surface area contributed by atoms with E-state index in [9.17, 15) is 0 Å². The third-order valence-electron chi connectivity index (χ3n) is 0. The number of hydrogen-bond donors (Lipinski definition) is 0. The van der Waals surface area contributed by atoms with E-state index < -0.39 is 0 Å². The Morgan fingerprint density at radius 2 is 0.750 bits per heavy atom. The molecule has 4 heavy (non-hydrogen) atoms. The van der Waals surface area contributed by atoms with Gasteiger partial charge in [-0.3, -0.25) is 0 Å². The quantitative estimate of drug-likeness (QED) is 0.379. The average Bonchev–Trinajstić information content (AvgIpc) is 0. The molecule has 4 heteroatoms. The van der Waals surface area contributed by atoms with Crippen LogP contribution in [0.2, 0.25) is 0 Å². The maximum Gasteiger partial charge on any atom is 0 e. The summed E-state index contributed by atoms with van der Waals surface area (Å²) in [5, 5.41) is 0. The standard InChI is InChI=1S/Co.2Li.Ni. The summed E-state index contributed by atoms with van der Waals surface area (Å²) in [6, 6.07) is 0. The van der Waals surface area contributed by atoms with Gasteiger partial charge in [-0.1, -0.05) is 0 Å². The molecule has 0 nitrogen and oxygen atoms in total. The molecule has 0 aromatic rings. The summed E-state index contributed by atoms with van der Waals surface area (Å²) in [6.07, 6.45) is 0. The van der Waals surface area contributed by atoms with E-state index in [4.69, 9.17) is 0 Å². The minimum atomic E-state index is 0. The van der Waals surface area contributed by atoms with Crippen LogP contribution in [0.15, 0.2) is 0 Å².